The van der Waals surface area contributed by atoms with Crippen molar-refractivity contribution < 1.29 is 19.0 Å². The largest absolute Gasteiger partial charge is 0.486 e. The second-order valence-corrected chi connectivity index (χ2v) is 5.93. The number of hydrogen-bond donors (Lipinski definition) is 0. The predicted octanol–water partition coefficient (Wildman–Crippen LogP) is 3.50. The van der Waals surface area contributed by atoms with Crippen molar-refractivity contribution in [3.63, 3.8) is 0 Å². The van der Waals surface area contributed by atoms with Crippen LogP contribution in [0.4, 0.5) is 0 Å². The summed E-state index contributed by atoms with van der Waals surface area (Å²) in [4.78, 5) is 11.5. The molecular formula is C21H18N2O4. The van der Waals surface area contributed by atoms with E-state index in [9.17, 15) is 4.79 Å². The van der Waals surface area contributed by atoms with Crippen LogP contribution in [-0.4, -0.2) is 36.1 Å². The number of methoxy groups -OCH3 is 1. The molecule has 0 bridgehead atoms. The van der Waals surface area contributed by atoms with Crippen LogP contribution in [-0.2, 0) is 9.53 Å². The molecule has 4 rings (SSSR count). The van der Waals surface area contributed by atoms with Gasteiger partial charge in [-0.25, -0.2) is 9.48 Å². The maximum Gasteiger partial charge on any atom is 0.330 e. The van der Waals surface area contributed by atoms with E-state index in [4.69, 9.17) is 19.3 Å². The van der Waals surface area contributed by atoms with Gasteiger partial charge in [-0.2, -0.15) is 5.10 Å². The lowest BCUT2D eigenvalue weighted by atomic mass is 10.1. The predicted molar refractivity (Wildman–Crippen MR) is 101 cm³/mol. The Kier molecular flexibility index (Phi) is 4.61. The van der Waals surface area contributed by atoms with Gasteiger partial charge in [0.05, 0.1) is 12.8 Å². The second-order valence-electron chi connectivity index (χ2n) is 5.93. The van der Waals surface area contributed by atoms with E-state index < -0.39 is 5.97 Å². The van der Waals surface area contributed by atoms with Gasteiger partial charge >= 0.3 is 5.97 Å². The van der Waals surface area contributed by atoms with Gasteiger partial charge in [0.25, 0.3) is 0 Å². The summed E-state index contributed by atoms with van der Waals surface area (Å²) in [6.07, 6.45) is 4.96. The Morgan fingerprint density at radius 3 is 2.67 bits per heavy atom. The first kappa shape index (κ1) is 16.9. The lowest BCUT2D eigenvalue weighted by Crippen LogP contribution is -2.15. The molecule has 136 valence electrons. The highest BCUT2D eigenvalue weighted by Crippen LogP contribution is 2.35. The van der Waals surface area contributed by atoms with E-state index in [-0.39, 0.29) is 0 Å². The number of benzene rings is 2. The summed E-state index contributed by atoms with van der Waals surface area (Å²) in [7, 11) is 1.35. The minimum Gasteiger partial charge on any atom is -0.486 e. The normalized spacial score (nSPS) is 12.9. The summed E-state index contributed by atoms with van der Waals surface area (Å²) >= 11 is 0. The first-order valence-electron chi connectivity index (χ1n) is 8.56. The summed E-state index contributed by atoms with van der Waals surface area (Å²) in [5, 5.41) is 4.72. The SMILES string of the molecule is COC(=O)/C=C\c1cn(-c2ccccc2)nc1-c1ccc2c(c1)OCCO2. The molecule has 1 aliphatic rings. The van der Waals surface area contributed by atoms with Crippen LogP contribution in [0.3, 0.4) is 0 Å². The molecule has 0 spiro atoms. The molecule has 0 fully saturated rings. The monoisotopic (exact) mass is 362 g/mol. The molecule has 0 aliphatic carbocycles. The van der Waals surface area contributed by atoms with Gasteiger partial charge in [0.2, 0.25) is 0 Å². The zero-order valence-corrected chi connectivity index (χ0v) is 14.8. The van der Waals surface area contributed by atoms with Crippen molar-refractivity contribution in [1.29, 1.82) is 0 Å². The fourth-order valence-corrected chi connectivity index (χ4v) is 2.86. The fraction of sp³-hybridized carbons (Fsp3) is 0.143. The molecule has 2 heterocycles. The molecule has 0 amide bonds. The van der Waals surface area contributed by atoms with Crippen molar-refractivity contribution >= 4 is 12.0 Å². The van der Waals surface area contributed by atoms with Crippen molar-refractivity contribution in [2.45, 2.75) is 0 Å². The third-order valence-corrected chi connectivity index (χ3v) is 4.18. The van der Waals surface area contributed by atoms with Crippen molar-refractivity contribution in [2.24, 2.45) is 0 Å². The van der Waals surface area contributed by atoms with Crippen molar-refractivity contribution in [2.75, 3.05) is 20.3 Å². The summed E-state index contributed by atoms with van der Waals surface area (Å²) in [5.74, 6) is 0.991. The van der Waals surface area contributed by atoms with Crippen LogP contribution < -0.4 is 9.47 Å². The number of rotatable bonds is 4. The minimum absolute atomic E-state index is 0.421. The molecule has 1 aliphatic heterocycles. The average molecular weight is 362 g/mol. The Labute approximate surface area is 156 Å². The summed E-state index contributed by atoms with van der Waals surface area (Å²) in [6, 6.07) is 15.5. The Morgan fingerprint density at radius 1 is 1.11 bits per heavy atom. The number of hydrogen-bond acceptors (Lipinski definition) is 5. The number of carbonyl (C=O) groups excluding carboxylic acids is 1. The zero-order valence-electron chi connectivity index (χ0n) is 14.8. The molecule has 0 saturated carbocycles. The van der Waals surface area contributed by atoms with Gasteiger partial charge in [-0.15, -0.1) is 0 Å². The van der Waals surface area contributed by atoms with Crippen LogP contribution >= 0.6 is 0 Å². The third-order valence-electron chi connectivity index (χ3n) is 4.18. The highest BCUT2D eigenvalue weighted by molar-refractivity contribution is 5.88. The van der Waals surface area contributed by atoms with E-state index in [2.05, 4.69) is 0 Å². The molecule has 0 N–H and O–H groups in total. The number of para-hydroxylation sites is 1. The molecule has 6 heteroatoms. The van der Waals surface area contributed by atoms with E-state index >= 15 is 0 Å². The minimum atomic E-state index is -0.421. The first-order valence-corrected chi connectivity index (χ1v) is 8.56. The van der Waals surface area contributed by atoms with Crippen LogP contribution in [0.25, 0.3) is 23.0 Å². The van der Waals surface area contributed by atoms with Crippen LogP contribution in [0.5, 0.6) is 11.5 Å². The van der Waals surface area contributed by atoms with Gasteiger partial charge in [-0.3, -0.25) is 0 Å². The van der Waals surface area contributed by atoms with Crippen LogP contribution in [0.1, 0.15) is 5.56 Å². The van der Waals surface area contributed by atoms with Crippen LogP contribution in [0, 0.1) is 0 Å². The van der Waals surface area contributed by atoms with E-state index in [0.29, 0.717) is 19.0 Å². The molecule has 3 aromatic rings. The maximum atomic E-state index is 11.5. The lowest BCUT2D eigenvalue weighted by molar-refractivity contribution is -0.134. The third kappa shape index (κ3) is 3.55. The highest BCUT2D eigenvalue weighted by Gasteiger charge is 2.16. The summed E-state index contributed by atoms with van der Waals surface area (Å²) < 4.78 is 17.7. The highest BCUT2D eigenvalue weighted by atomic mass is 16.6. The standard InChI is InChI=1S/C21H18N2O4/c1-25-20(24)10-8-16-14-23(17-5-3-2-4-6-17)22-21(16)15-7-9-18-19(13-15)27-12-11-26-18/h2-10,13-14H,11-12H2,1H3/b10-8-. The van der Waals surface area contributed by atoms with Gasteiger partial charge < -0.3 is 14.2 Å². The molecule has 0 saturated heterocycles. The Balaban J connectivity index is 1.79. The smallest absolute Gasteiger partial charge is 0.330 e. The number of aromatic nitrogens is 2. The molecule has 0 unspecified atom stereocenters. The number of ether oxygens (including phenoxy) is 3. The van der Waals surface area contributed by atoms with Gasteiger partial charge in [0, 0.05) is 23.4 Å². The Bertz CT molecular complexity index is 993. The molecule has 0 atom stereocenters. The van der Waals surface area contributed by atoms with E-state index in [0.717, 1.165) is 28.3 Å². The molecule has 2 aromatic carbocycles. The summed E-state index contributed by atoms with van der Waals surface area (Å²) in [6.45, 7) is 1.06. The average Bonchev–Trinajstić information content (AvgIpc) is 3.16. The fourth-order valence-electron chi connectivity index (χ4n) is 2.86. The van der Waals surface area contributed by atoms with E-state index in [1.165, 1.54) is 13.2 Å². The Hall–Kier alpha value is -3.54. The molecule has 0 radical (unpaired) electrons. The van der Waals surface area contributed by atoms with Gasteiger partial charge in [-0.05, 0) is 36.4 Å². The molecular weight excluding hydrogens is 344 g/mol. The maximum absolute atomic E-state index is 11.5. The number of esters is 1. The van der Waals surface area contributed by atoms with Gasteiger partial charge in [0.15, 0.2) is 11.5 Å². The van der Waals surface area contributed by atoms with Gasteiger partial charge in [0.1, 0.15) is 18.9 Å². The molecule has 27 heavy (non-hydrogen) atoms. The molecule has 6 nitrogen and oxygen atoms in total. The van der Waals surface area contributed by atoms with Crippen molar-refractivity contribution in [3.8, 4) is 28.4 Å². The lowest BCUT2D eigenvalue weighted by Gasteiger charge is -2.18. The quantitative estimate of drug-likeness (QED) is 0.525. The van der Waals surface area contributed by atoms with Gasteiger partial charge in [-0.1, -0.05) is 18.2 Å². The number of carbonyl (C=O) groups is 1. The Morgan fingerprint density at radius 2 is 1.89 bits per heavy atom. The number of fused-ring (bicyclic) bond motifs is 1. The van der Waals surface area contributed by atoms with Crippen molar-refractivity contribution in [1.82, 2.24) is 9.78 Å². The summed E-state index contributed by atoms with van der Waals surface area (Å²) in [5.41, 5.74) is 3.32. The number of nitrogens with zero attached hydrogens (tertiary/aromatic N) is 2. The second kappa shape index (κ2) is 7.37. The van der Waals surface area contributed by atoms with Crippen LogP contribution in [0.15, 0.2) is 60.8 Å². The van der Waals surface area contributed by atoms with E-state index in [1.54, 1.807) is 10.8 Å². The first-order chi connectivity index (χ1) is 13.2. The topological polar surface area (TPSA) is 62.6 Å². The zero-order chi connectivity index (χ0) is 18.6. The van der Waals surface area contributed by atoms with E-state index in [1.807, 2.05) is 54.7 Å². The molecule has 1 aromatic heterocycles. The van der Waals surface area contributed by atoms with Crippen molar-refractivity contribution in [3.05, 3.63) is 66.4 Å². The van der Waals surface area contributed by atoms with Crippen LogP contribution in [0.2, 0.25) is 0 Å².